The van der Waals surface area contributed by atoms with Gasteiger partial charge in [0.15, 0.2) is 0 Å². The van der Waals surface area contributed by atoms with E-state index in [2.05, 4.69) is 17.8 Å². The Morgan fingerprint density at radius 1 is 1.31 bits per heavy atom. The van der Waals surface area contributed by atoms with Crippen molar-refractivity contribution in [3.63, 3.8) is 0 Å². The number of H-pyrrole nitrogens is 1. The van der Waals surface area contributed by atoms with Crippen LogP contribution in [-0.2, 0) is 0 Å². The highest BCUT2D eigenvalue weighted by atomic mass is 32.1. The third-order valence-corrected chi connectivity index (χ3v) is 2.59. The summed E-state index contributed by atoms with van der Waals surface area (Å²) >= 11 is 3.95. The van der Waals surface area contributed by atoms with Gasteiger partial charge in [-0.1, -0.05) is 12.8 Å². The standard InChI is InChI=1S/C10H9N3O2S/c11-10(15)13(16)7-2-3-8-6(5-7)1-4-9(14)12-8/h1-5,16H,(H2,11,15)(H,12,14). The molecule has 2 aromatic rings. The smallest absolute Gasteiger partial charge is 0.329 e. The molecule has 1 heterocycles. The van der Waals surface area contributed by atoms with Gasteiger partial charge in [0.05, 0.1) is 5.69 Å². The highest BCUT2D eigenvalue weighted by Crippen LogP contribution is 2.21. The minimum Gasteiger partial charge on any atom is -0.350 e. The molecule has 1 aromatic carbocycles. The Morgan fingerprint density at radius 2 is 2.06 bits per heavy atom. The second-order valence-electron chi connectivity index (χ2n) is 3.24. The van der Waals surface area contributed by atoms with Gasteiger partial charge in [-0.3, -0.25) is 4.79 Å². The average Bonchev–Trinajstić information content (AvgIpc) is 2.27. The van der Waals surface area contributed by atoms with Crippen molar-refractivity contribution in [3.8, 4) is 0 Å². The maximum Gasteiger partial charge on any atom is 0.329 e. The predicted octanol–water partition coefficient (Wildman–Crippen LogP) is 1.26. The summed E-state index contributed by atoms with van der Waals surface area (Å²) in [7, 11) is 0. The number of carbonyl (C=O) groups is 1. The van der Waals surface area contributed by atoms with Crippen molar-refractivity contribution in [2.24, 2.45) is 5.73 Å². The van der Waals surface area contributed by atoms with Crippen molar-refractivity contribution in [2.75, 3.05) is 4.31 Å². The number of urea groups is 1. The lowest BCUT2D eigenvalue weighted by Gasteiger charge is -2.12. The number of fused-ring (bicyclic) bond motifs is 1. The number of aromatic amines is 1. The van der Waals surface area contributed by atoms with E-state index in [1.54, 1.807) is 24.3 Å². The van der Waals surface area contributed by atoms with Crippen LogP contribution in [0.15, 0.2) is 35.1 Å². The summed E-state index contributed by atoms with van der Waals surface area (Å²) in [5.41, 5.74) is 6.17. The number of hydrogen-bond acceptors (Lipinski definition) is 3. The van der Waals surface area contributed by atoms with E-state index in [4.69, 9.17) is 5.73 Å². The first-order valence-electron chi connectivity index (χ1n) is 4.49. The number of benzene rings is 1. The van der Waals surface area contributed by atoms with Crippen molar-refractivity contribution in [2.45, 2.75) is 0 Å². The molecule has 0 aliphatic rings. The number of pyridine rings is 1. The van der Waals surface area contributed by atoms with Crippen molar-refractivity contribution in [1.82, 2.24) is 4.98 Å². The van der Waals surface area contributed by atoms with E-state index in [-0.39, 0.29) is 5.56 Å². The third kappa shape index (κ3) is 1.87. The lowest BCUT2D eigenvalue weighted by molar-refractivity contribution is 0.257. The van der Waals surface area contributed by atoms with Crippen LogP contribution in [-0.4, -0.2) is 11.0 Å². The van der Waals surface area contributed by atoms with Crippen LogP contribution in [0.2, 0.25) is 0 Å². The molecule has 0 saturated carbocycles. The first-order valence-corrected chi connectivity index (χ1v) is 4.89. The number of anilines is 1. The zero-order valence-electron chi connectivity index (χ0n) is 8.18. The number of rotatable bonds is 1. The molecule has 3 N–H and O–H groups in total. The summed E-state index contributed by atoms with van der Waals surface area (Å²) in [6.45, 7) is 0. The van der Waals surface area contributed by atoms with Gasteiger partial charge in [-0.15, -0.1) is 0 Å². The minimum absolute atomic E-state index is 0.169. The molecular weight excluding hydrogens is 226 g/mol. The van der Waals surface area contributed by atoms with Crippen LogP contribution in [0.25, 0.3) is 10.9 Å². The maximum atomic E-state index is 11.1. The summed E-state index contributed by atoms with van der Waals surface area (Å²) in [6, 6.07) is 7.48. The zero-order valence-corrected chi connectivity index (χ0v) is 9.07. The molecule has 0 radical (unpaired) electrons. The van der Waals surface area contributed by atoms with Gasteiger partial charge in [-0.05, 0) is 24.3 Å². The number of carbonyl (C=O) groups excluding carboxylic acids is 1. The monoisotopic (exact) mass is 235 g/mol. The summed E-state index contributed by atoms with van der Waals surface area (Å²) < 4.78 is 1.03. The second-order valence-corrected chi connectivity index (χ2v) is 3.64. The highest BCUT2D eigenvalue weighted by Gasteiger charge is 2.07. The molecule has 6 heteroatoms. The van der Waals surface area contributed by atoms with Gasteiger partial charge >= 0.3 is 6.03 Å². The lowest BCUT2D eigenvalue weighted by Crippen LogP contribution is -2.27. The molecule has 0 bridgehead atoms. The molecule has 0 unspecified atom stereocenters. The van der Waals surface area contributed by atoms with Gasteiger partial charge < -0.3 is 10.7 Å². The number of thiol groups is 1. The largest absolute Gasteiger partial charge is 0.350 e. The number of aromatic nitrogens is 1. The summed E-state index contributed by atoms with van der Waals surface area (Å²) in [4.78, 5) is 24.6. The Labute approximate surface area is 96.4 Å². The Bertz CT molecular complexity index is 608. The van der Waals surface area contributed by atoms with Crippen LogP contribution < -0.4 is 15.6 Å². The van der Waals surface area contributed by atoms with E-state index in [0.29, 0.717) is 11.2 Å². The molecule has 5 nitrogen and oxygen atoms in total. The van der Waals surface area contributed by atoms with Crippen molar-refractivity contribution in [3.05, 3.63) is 40.7 Å². The van der Waals surface area contributed by atoms with Gasteiger partial charge in [0, 0.05) is 17.0 Å². The third-order valence-electron chi connectivity index (χ3n) is 2.16. The van der Waals surface area contributed by atoms with Gasteiger partial charge in [-0.25, -0.2) is 9.10 Å². The first-order chi connectivity index (χ1) is 7.58. The number of nitrogens with two attached hydrogens (primary N) is 1. The highest BCUT2D eigenvalue weighted by molar-refractivity contribution is 7.82. The average molecular weight is 235 g/mol. The van der Waals surface area contributed by atoms with E-state index < -0.39 is 6.03 Å². The topological polar surface area (TPSA) is 79.2 Å². The number of hydrogen-bond donors (Lipinski definition) is 3. The van der Waals surface area contributed by atoms with E-state index >= 15 is 0 Å². The normalized spacial score (nSPS) is 10.3. The fourth-order valence-corrected chi connectivity index (χ4v) is 1.53. The molecular formula is C10H9N3O2S. The molecule has 1 aromatic heterocycles. The molecule has 82 valence electrons. The summed E-state index contributed by atoms with van der Waals surface area (Å²) in [5, 5.41) is 0.803. The van der Waals surface area contributed by atoms with E-state index in [1.165, 1.54) is 6.07 Å². The number of primary amides is 1. The molecule has 0 aliphatic heterocycles. The molecule has 0 aliphatic carbocycles. The molecule has 0 atom stereocenters. The molecule has 0 spiro atoms. The van der Waals surface area contributed by atoms with Crippen LogP contribution in [0.4, 0.5) is 10.5 Å². The Hall–Kier alpha value is -1.95. The Morgan fingerprint density at radius 3 is 2.75 bits per heavy atom. The number of nitrogens with zero attached hydrogens (tertiary/aromatic N) is 1. The quantitative estimate of drug-likeness (QED) is 0.650. The minimum atomic E-state index is -0.660. The number of nitrogens with one attached hydrogen (secondary N) is 1. The second kappa shape index (κ2) is 3.90. The predicted molar refractivity (Wildman–Crippen MR) is 65.6 cm³/mol. The molecule has 0 fully saturated rings. The fourth-order valence-electron chi connectivity index (χ4n) is 1.40. The SMILES string of the molecule is NC(=O)N(S)c1ccc2[nH]c(=O)ccc2c1. The summed E-state index contributed by atoms with van der Waals surface area (Å²) in [5.74, 6) is 0. The van der Waals surface area contributed by atoms with Crippen LogP contribution in [0.1, 0.15) is 0 Å². The van der Waals surface area contributed by atoms with Gasteiger partial charge in [0.25, 0.3) is 0 Å². The van der Waals surface area contributed by atoms with Crippen LogP contribution in [0.5, 0.6) is 0 Å². The Balaban J connectivity index is 2.56. The first kappa shape index (κ1) is 10.6. The Kier molecular flexibility index (Phi) is 2.57. The van der Waals surface area contributed by atoms with Crippen molar-refractivity contribution in [1.29, 1.82) is 0 Å². The van der Waals surface area contributed by atoms with E-state index in [0.717, 1.165) is 9.69 Å². The molecule has 2 amide bonds. The van der Waals surface area contributed by atoms with Crippen LogP contribution in [0.3, 0.4) is 0 Å². The van der Waals surface area contributed by atoms with Gasteiger partial charge in [-0.2, -0.15) is 0 Å². The maximum absolute atomic E-state index is 11.1. The van der Waals surface area contributed by atoms with Crippen molar-refractivity contribution >= 4 is 35.4 Å². The number of amides is 2. The van der Waals surface area contributed by atoms with Crippen LogP contribution in [0, 0.1) is 0 Å². The lowest BCUT2D eigenvalue weighted by atomic mass is 10.2. The van der Waals surface area contributed by atoms with Crippen LogP contribution >= 0.6 is 12.8 Å². The zero-order chi connectivity index (χ0) is 11.7. The molecule has 0 saturated heterocycles. The molecule has 2 rings (SSSR count). The van der Waals surface area contributed by atoms with Gasteiger partial charge in [0.1, 0.15) is 0 Å². The van der Waals surface area contributed by atoms with E-state index in [9.17, 15) is 9.59 Å². The molecule has 16 heavy (non-hydrogen) atoms. The van der Waals surface area contributed by atoms with Crippen molar-refractivity contribution < 1.29 is 4.79 Å². The van der Waals surface area contributed by atoms with Gasteiger partial charge in [0.2, 0.25) is 5.56 Å². The summed E-state index contributed by atoms with van der Waals surface area (Å²) in [6.07, 6.45) is 0. The van der Waals surface area contributed by atoms with E-state index in [1.807, 2.05) is 0 Å². The fraction of sp³-hybridized carbons (Fsp3) is 0.